The van der Waals surface area contributed by atoms with E-state index < -0.39 is 9.84 Å². The highest BCUT2D eigenvalue weighted by Gasteiger charge is 2.14. The molecule has 0 unspecified atom stereocenters. The average Bonchev–Trinajstić information content (AvgIpc) is 3.10. The summed E-state index contributed by atoms with van der Waals surface area (Å²) in [5.41, 5.74) is 2.39. The predicted octanol–water partition coefficient (Wildman–Crippen LogP) is 4.94. The molecule has 0 saturated carbocycles. The second-order valence-corrected chi connectivity index (χ2v) is 10.1. The molecule has 0 fully saturated rings. The molecule has 29 heavy (non-hydrogen) atoms. The van der Waals surface area contributed by atoms with Crippen LogP contribution in [0.5, 0.6) is 0 Å². The van der Waals surface area contributed by atoms with Crippen LogP contribution in [0.15, 0.2) is 52.7 Å². The first kappa shape index (κ1) is 21.3. The SMILES string of the molecule is CC(C)Nc1nc(-c2cccc(C(=O)Nc3ccc(S(C)(=O)=O)cc3Cl)c2)cs1. The van der Waals surface area contributed by atoms with Crippen molar-refractivity contribution < 1.29 is 13.2 Å². The summed E-state index contributed by atoms with van der Waals surface area (Å²) in [6, 6.07) is 11.6. The molecule has 0 spiro atoms. The van der Waals surface area contributed by atoms with Crippen molar-refractivity contribution in [2.45, 2.75) is 24.8 Å². The zero-order valence-electron chi connectivity index (χ0n) is 16.1. The van der Waals surface area contributed by atoms with Crippen molar-refractivity contribution in [1.82, 2.24) is 4.98 Å². The number of thiazole rings is 1. The summed E-state index contributed by atoms with van der Waals surface area (Å²) in [5, 5.41) is 8.89. The van der Waals surface area contributed by atoms with Crippen LogP contribution in [0.1, 0.15) is 24.2 Å². The number of rotatable bonds is 6. The van der Waals surface area contributed by atoms with E-state index in [4.69, 9.17) is 11.6 Å². The van der Waals surface area contributed by atoms with Crippen LogP contribution >= 0.6 is 22.9 Å². The monoisotopic (exact) mass is 449 g/mol. The lowest BCUT2D eigenvalue weighted by Crippen LogP contribution is -2.12. The summed E-state index contributed by atoms with van der Waals surface area (Å²) in [4.78, 5) is 17.3. The Morgan fingerprint density at radius 1 is 1.17 bits per heavy atom. The van der Waals surface area contributed by atoms with Gasteiger partial charge in [-0.2, -0.15) is 0 Å². The van der Waals surface area contributed by atoms with Gasteiger partial charge in [0, 0.05) is 28.8 Å². The van der Waals surface area contributed by atoms with E-state index in [1.807, 2.05) is 25.3 Å². The van der Waals surface area contributed by atoms with Gasteiger partial charge in [-0.25, -0.2) is 13.4 Å². The molecule has 3 aromatic rings. The molecule has 3 rings (SSSR count). The van der Waals surface area contributed by atoms with E-state index in [0.717, 1.165) is 22.6 Å². The molecule has 0 aliphatic rings. The Kier molecular flexibility index (Phi) is 6.26. The molecule has 6 nitrogen and oxygen atoms in total. The van der Waals surface area contributed by atoms with Crippen molar-refractivity contribution in [3.8, 4) is 11.3 Å². The van der Waals surface area contributed by atoms with Crippen LogP contribution in [-0.4, -0.2) is 31.6 Å². The number of anilines is 2. The molecule has 0 aliphatic carbocycles. The predicted molar refractivity (Wildman–Crippen MR) is 119 cm³/mol. The van der Waals surface area contributed by atoms with Gasteiger partial charge in [0.15, 0.2) is 15.0 Å². The van der Waals surface area contributed by atoms with E-state index in [2.05, 4.69) is 15.6 Å². The van der Waals surface area contributed by atoms with Crippen molar-refractivity contribution >= 4 is 49.5 Å². The smallest absolute Gasteiger partial charge is 0.255 e. The topological polar surface area (TPSA) is 88.2 Å². The van der Waals surface area contributed by atoms with Crippen LogP contribution in [0.3, 0.4) is 0 Å². The molecular weight excluding hydrogens is 430 g/mol. The minimum atomic E-state index is -3.37. The standard InChI is InChI=1S/C20H20ClN3O3S2/c1-12(2)22-20-24-18(11-28-20)13-5-4-6-14(9-13)19(25)23-17-8-7-15(10-16(17)21)29(3,26)27/h4-12H,1-3H3,(H,22,24)(H,23,25). The molecule has 2 N–H and O–H groups in total. The number of benzene rings is 2. The van der Waals surface area contributed by atoms with Crippen molar-refractivity contribution in [3.05, 3.63) is 58.4 Å². The largest absolute Gasteiger partial charge is 0.359 e. The van der Waals surface area contributed by atoms with E-state index in [1.54, 1.807) is 18.2 Å². The fraction of sp³-hybridized carbons (Fsp3) is 0.200. The Balaban J connectivity index is 1.80. The number of sulfone groups is 1. The van der Waals surface area contributed by atoms with Crippen molar-refractivity contribution in [2.75, 3.05) is 16.9 Å². The molecule has 1 heterocycles. The minimum Gasteiger partial charge on any atom is -0.359 e. The molecule has 1 aromatic heterocycles. The Bertz CT molecular complexity index is 1160. The molecule has 0 aliphatic heterocycles. The number of carbonyl (C=O) groups is 1. The Hall–Kier alpha value is -2.42. The third kappa shape index (κ3) is 5.35. The Labute approximate surface area is 178 Å². The van der Waals surface area contributed by atoms with Crippen LogP contribution in [0.4, 0.5) is 10.8 Å². The van der Waals surface area contributed by atoms with Gasteiger partial charge in [0.25, 0.3) is 5.91 Å². The van der Waals surface area contributed by atoms with Gasteiger partial charge in [-0.15, -0.1) is 11.3 Å². The zero-order chi connectivity index (χ0) is 21.2. The number of halogens is 1. The highest BCUT2D eigenvalue weighted by molar-refractivity contribution is 7.90. The number of hydrogen-bond acceptors (Lipinski definition) is 6. The number of nitrogens with zero attached hydrogens (tertiary/aromatic N) is 1. The van der Waals surface area contributed by atoms with Crippen molar-refractivity contribution in [2.24, 2.45) is 0 Å². The van der Waals surface area contributed by atoms with Crippen LogP contribution < -0.4 is 10.6 Å². The first-order valence-corrected chi connectivity index (χ1v) is 11.9. The van der Waals surface area contributed by atoms with Crippen LogP contribution in [-0.2, 0) is 9.84 Å². The number of nitrogens with one attached hydrogen (secondary N) is 2. The van der Waals surface area contributed by atoms with Crippen molar-refractivity contribution in [3.63, 3.8) is 0 Å². The summed E-state index contributed by atoms with van der Waals surface area (Å²) in [6.45, 7) is 4.08. The van der Waals surface area contributed by atoms with Gasteiger partial charge in [0.2, 0.25) is 0 Å². The fourth-order valence-electron chi connectivity index (χ4n) is 2.56. The second-order valence-electron chi connectivity index (χ2n) is 6.79. The second kappa shape index (κ2) is 8.52. The molecule has 0 saturated heterocycles. The fourth-order valence-corrected chi connectivity index (χ4v) is 4.37. The van der Waals surface area contributed by atoms with E-state index in [0.29, 0.717) is 11.3 Å². The van der Waals surface area contributed by atoms with E-state index in [9.17, 15) is 13.2 Å². The Morgan fingerprint density at radius 2 is 1.93 bits per heavy atom. The van der Waals surface area contributed by atoms with Gasteiger partial charge < -0.3 is 10.6 Å². The minimum absolute atomic E-state index is 0.0943. The summed E-state index contributed by atoms with van der Waals surface area (Å²) in [6.07, 6.45) is 1.10. The third-order valence-electron chi connectivity index (χ3n) is 3.95. The van der Waals surface area contributed by atoms with Gasteiger partial charge in [0.05, 0.1) is 21.3 Å². The Morgan fingerprint density at radius 3 is 2.59 bits per heavy atom. The number of carbonyl (C=O) groups excluding carboxylic acids is 1. The highest BCUT2D eigenvalue weighted by Crippen LogP contribution is 2.28. The first-order chi connectivity index (χ1) is 13.6. The van der Waals surface area contributed by atoms with E-state index in [1.165, 1.54) is 29.5 Å². The van der Waals surface area contributed by atoms with E-state index >= 15 is 0 Å². The maximum absolute atomic E-state index is 12.7. The molecule has 1 amide bonds. The summed E-state index contributed by atoms with van der Waals surface area (Å²) >= 11 is 7.65. The lowest BCUT2D eigenvalue weighted by atomic mass is 10.1. The molecule has 0 atom stereocenters. The third-order valence-corrected chi connectivity index (χ3v) is 6.15. The van der Waals surface area contributed by atoms with Gasteiger partial charge in [0.1, 0.15) is 0 Å². The zero-order valence-corrected chi connectivity index (χ0v) is 18.5. The first-order valence-electron chi connectivity index (χ1n) is 8.77. The average molecular weight is 450 g/mol. The van der Waals surface area contributed by atoms with Crippen LogP contribution in [0.2, 0.25) is 5.02 Å². The summed E-state index contributed by atoms with van der Waals surface area (Å²) in [5.74, 6) is -0.350. The summed E-state index contributed by atoms with van der Waals surface area (Å²) in [7, 11) is -3.37. The lowest BCUT2D eigenvalue weighted by Gasteiger charge is -2.09. The van der Waals surface area contributed by atoms with Gasteiger partial charge in [-0.1, -0.05) is 23.7 Å². The number of amides is 1. The molecular formula is C20H20ClN3O3S2. The molecule has 9 heteroatoms. The quantitative estimate of drug-likeness (QED) is 0.556. The molecule has 0 radical (unpaired) electrons. The van der Waals surface area contributed by atoms with E-state index in [-0.39, 0.29) is 21.9 Å². The normalized spacial score (nSPS) is 11.5. The maximum atomic E-state index is 12.7. The van der Waals surface area contributed by atoms with Crippen LogP contribution in [0, 0.1) is 0 Å². The molecule has 2 aromatic carbocycles. The summed E-state index contributed by atoms with van der Waals surface area (Å²) < 4.78 is 23.2. The van der Waals surface area contributed by atoms with Crippen molar-refractivity contribution in [1.29, 1.82) is 0 Å². The maximum Gasteiger partial charge on any atom is 0.255 e. The number of hydrogen-bond donors (Lipinski definition) is 2. The molecule has 0 bridgehead atoms. The number of aromatic nitrogens is 1. The van der Waals surface area contributed by atoms with Crippen LogP contribution in [0.25, 0.3) is 11.3 Å². The molecule has 152 valence electrons. The lowest BCUT2D eigenvalue weighted by molar-refractivity contribution is 0.102. The van der Waals surface area contributed by atoms with Gasteiger partial charge in [-0.3, -0.25) is 4.79 Å². The highest BCUT2D eigenvalue weighted by atomic mass is 35.5. The van der Waals surface area contributed by atoms with Gasteiger partial charge in [-0.05, 0) is 44.2 Å². The van der Waals surface area contributed by atoms with Gasteiger partial charge >= 0.3 is 0 Å².